The Balaban J connectivity index is 1.64. The van der Waals surface area contributed by atoms with Crippen LogP contribution in [0, 0.1) is 6.92 Å². The third-order valence-corrected chi connectivity index (χ3v) is 4.69. The van der Waals surface area contributed by atoms with Crippen molar-refractivity contribution in [3.63, 3.8) is 0 Å². The first-order valence-electron chi connectivity index (χ1n) is 6.85. The molecule has 2 rings (SSSR count). The molecule has 114 valence electrons. The van der Waals surface area contributed by atoms with E-state index in [9.17, 15) is 4.79 Å². The molecule has 0 bridgehead atoms. The minimum absolute atomic E-state index is 0.183. The van der Waals surface area contributed by atoms with Crippen LogP contribution in [0.5, 0.6) is 0 Å². The van der Waals surface area contributed by atoms with Gasteiger partial charge in [0.1, 0.15) is 10.8 Å². The SMILES string of the molecule is CCCc1cc(C(=O)NCCCSc2nnc(C)s2)no1. The zero-order chi connectivity index (χ0) is 15.1. The molecule has 1 N–H and O–H groups in total. The van der Waals surface area contributed by atoms with Crippen LogP contribution in [0.15, 0.2) is 14.9 Å². The van der Waals surface area contributed by atoms with E-state index in [2.05, 4.69) is 27.6 Å². The maximum absolute atomic E-state index is 11.8. The fraction of sp³-hybridized carbons (Fsp3) is 0.538. The van der Waals surface area contributed by atoms with E-state index >= 15 is 0 Å². The summed E-state index contributed by atoms with van der Waals surface area (Å²) < 4.78 is 6.06. The number of nitrogens with zero attached hydrogens (tertiary/aromatic N) is 3. The van der Waals surface area contributed by atoms with Crippen molar-refractivity contribution in [3.05, 3.63) is 22.5 Å². The maximum Gasteiger partial charge on any atom is 0.273 e. The molecule has 8 heteroatoms. The average molecular weight is 326 g/mol. The van der Waals surface area contributed by atoms with Crippen molar-refractivity contribution < 1.29 is 9.32 Å². The molecule has 0 spiro atoms. The minimum Gasteiger partial charge on any atom is -0.361 e. The largest absolute Gasteiger partial charge is 0.361 e. The fourth-order valence-corrected chi connectivity index (χ4v) is 3.47. The first kappa shape index (κ1) is 16.0. The van der Waals surface area contributed by atoms with Gasteiger partial charge in [0.25, 0.3) is 5.91 Å². The summed E-state index contributed by atoms with van der Waals surface area (Å²) in [6, 6.07) is 1.71. The number of thioether (sulfide) groups is 1. The molecule has 0 unspecified atom stereocenters. The monoisotopic (exact) mass is 326 g/mol. The van der Waals surface area contributed by atoms with Gasteiger partial charge in [0.2, 0.25) is 0 Å². The second-order valence-electron chi connectivity index (χ2n) is 4.47. The van der Waals surface area contributed by atoms with Gasteiger partial charge in [-0.1, -0.05) is 35.2 Å². The number of hydrogen-bond acceptors (Lipinski definition) is 7. The summed E-state index contributed by atoms with van der Waals surface area (Å²) >= 11 is 3.25. The summed E-state index contributed by atoms with van der Waals surface area (Å²) in [6.45, 7) is 4.60. The maximum atomic E-state index is 11.8. The number of aromatic nitrogens is 3. The Kier molecular flexibility index (Phi) is 6.19. The van der Waals surface area contributed by atoms with Gasteiger partial charge in [0.05, 0.1) is 0 Å². The quantitative estimate of drug-likeness (QED) is 0.593. The van der Waals surface area contributed by atoms with Gasteiger partial charge in [0.15, 0.2) is 10.0 Å². The predicted octanol–water partition coefficient (Wildman–Crippen LogP) is 2.70. The zero-order valence-electron chi connectivity index (χ0n) is 12.1. The highest BCUT2D eigenvalue weighted by Crippen LogP contribution is 2.21. The van der Waals surface area contributed by atoms with Crippen LogP contribution in [0.4, 0.5) is 0 Å². The fourth-order valence-electron chi connectivity index (χ4n) is 1.65. The Bertz CT molecular complexity index is 582. The molecule has 1 amide bonds. The molecule has 21 heavy (non-hydrogen) atoms. The van der Waals surface area contributed by atoms with Gasteiger partial charge < -0.3 is 9.84 Å². The Morgan fingerprint density at radius 1 is 1.48 bits per heavy atom. The number of carbonyl (C=O) groups excluding carboxylic acids is 1. The molecule has 2 heterocycles. The summed E-state index contributed by atoms with van der Waals surface area (Å²) in [5.74, 6) is 1.47. The molecule has 0 aliphatic rings. The first-order chi connectivity index (χ1) is 10.2. The van der Waals surface area contributed by atoms with Gasteiger partial charge in [-0.25, -0.2) is 0 Å². The average Bonchev–Trinajstić information content (AvgIpc) is 3.08. The standard InChI is InChI=1S/C13H18N4O2S2/c1-3-5-10-8-11(17-19-10)12(18)14-6-4-7-20-13-16-15-9(2)21-13/h8H,3-7H2,1-2H3,(H,14,18). The molecule has 2 aromatic rings. The lowest BCUT2D eigenvalue weighted by atomic mass is 10.2. The van der Waals surface area contributed by atoms with Gasteiger partial charge in [-0.3, -0.25) is 4.79 Å². The molecule has 6 nitrogen and oxygen atoms in total. The summed E-state index contributed by atoms with van der Waals surface area (Å²) in [5.41, 5.74) is 0.353. The van der Waals surface area contributed by atoms with E-state index in [0.717, 1.165) is 40.1 Å². The Morgan fingerprint density at radius 3 is 3.05 bits per heavy atom. The van der Waals surface area contributed by atoms with Gasteiger partial charge in [-0.15, -0.1) is 10.2 Å². The summed E-state index contributed by atoms with van der Waals surface area (Å²) in [7, 11) is 0. The van der Waals surface area contributed by atoms with Gasteiger partial charge in [-0.2, -0.15) is 0 Å². The highest BCUT2D eigenvalue weighted by molar-refractivity contribution is 8.01. The number of amides is 1. The van der Waals surface area contributed by atoms with Crippen molar-refractivity contribution in [3.8, 4) is 0 Å². The van der Waals surface area contributed by atoms with Gasteiger partial charge in [-0.05, 0) is 19.8 Å². The van der Waals surface area contributed by atoms with Gasteiger partial charge >= 0.3 is 0 Å². The van der Waals surface area contributed by atoms with Crippen LogP contribution < -0.4 is 5.32 Å². The summed E-state index contributed by atoms with van der Waals surface area (Å²) in [6.07, 6.45) is 2.64. The molecule has 0 aliphatic heterocycles. The molecule has 0 aliphatic carbocycles. The molecule has 0 atom stereocenters. The first-order valence-corrected chi connectivity index (χ1v) is 8.66. The molecule has 0 aromatic carbocycles. The normalized spacial score (nSPS) is 10.8. The second kappa shape index (κ2) is 8.14. The number of rotatable bonds is 8. The molecule has 0 fully saturated rings. The second-order valence-corrected chi connectivity index (χ2v) is 7.00. The number of hydrogen-bond donors (Lipinski definition) is 1. The molecule has 0 saturated carbocycles. The number of nitrogens with one attached hydrogen (secondary N) is 1. The van der Waals surface area contributed by atoms with Gasteiger partial charge in [0, 0.05) is 24.8 Å². The summed E-state index contributed by atoms with van der Waals surface area (Å²) in [4.78, 5) is 11.8. The molecule has 2 aromatic heterocycles. The van der Waals surface area contributed by atoms with Crippen LogP contribution in [0.2, 0.25) is 0 Å². The van der Waals surface area contributed by atoms with E-state index in [1.165, 1.54) is 0 Å². The Labute approximate surface area is 131 Å². The molecular weight excluding hydrogens is 308 g/mol. The van der Waals surface area contributed by atoms with E-state index in [0.29, 0.717) is 12.2 Å². The van der Waals surface area contributed by atoms with Crippen molar-refractivity contribution in [2.75, 3.05) is 12.3 Å². The third kappa shape index (κ3) is 5.13. The van der Waals surface area contributed by atoms with E-state index in [-0.39, 0.29) is 5.91 Å². The highest BCUT2D eigenvalue weighted by atomic mass is 32.2. The van der Waals surface area contributed by atoms with Crippen LogP contribution in [0.3, 0.4) is 0 Å². The lowest BCUT2D eigenvalue weighted by molar-refractivity contribution is 0.0944. The zero-order valence-corrected chi connectivity index (χ0v) is 13.7. The lowest BCUT2D eigenvalue weighted by Crippen LogP contribution is -2.25. The van der Waals surface area contributed by atoms with E-state index in [1.54, 1.807) is 29.2 Å². The van der Waals surface area contributed by atoms with Crippen LogP contribution in [-0.2, 0) is 6.42 Å². The molecule has 0 saturated heterocycles. The van der Waals surface area contributed by atoms with Crippen LogP contribution >= 0.6 is 23.1 Å². The van der Waals surface area contributed by atoms with Crippen LogP contribution in [0.1, 0.15) is 41.0 Å². The topological polar surface area (TPSA) is 80.9 Å². The van der Waals surface area contributed by atoms with Crippen LogP contribution in [0.25, 0.3) is 0 Å². The van der Waals surface area contributed by atoms with E-state index in [4.69, 9.17) is 4.52 Å². The van der Waals surface area contributed by atoms with Crippen molar-refractivity contribution in [1.82, 2.24) is 20.7 Å². The van der Waals surface area contributed by atoms with Crippen LogP contribution in [-0.4, -0.2) is 33.6 Å². The van der Waals surface area contributed by atoms with Crippen molar-refractivity contribution in [2.45, 2.75) is 37.4 Å². The Morgan fingerprint density at radius 2 is 2.33 bits per heavy atom. The predicted molar refractivity (Wildman–Crippen MR) is 82.8 cm³/mol. The molecular formula is C13H18N4O2S2. The highest BCUT2D eigenvalue weighted by Gasteiger charge is 2.11. The number of carbonyl (C=O) groups is 1. The third-order valence-electron chi connectivity index (χ3n) is 2.63. The van der Waals surface area contributed by atoms with Crippen molar-refractivity contribution >= 4 is 29.0 Å². The smallest absolute Gasteiger partial charge is 0.273 e. The van der Waals surface area contributed by atoms with Crippen molar-refractivity contribution in [1.29, 1.82) is 0 Å². The van der Waals surface area contributed by atoms with E-state index < -0.39 is 0 Å². The lowest BCUT2D eigenvalue weighted by Gasteiger charge is -2.01. The minimum atomic E-state index is -0.183. The van der Waals surface area contributed by atoms with Crippen molar-refractivity contribution in [2.24, 2.45) is 0 Å². The summed E-state index contributed by atoms with van der Waals surface area (Å²) in [5, 5.41) is 15.6. The van der Waals surface area contributed by atoms with E-state index in [1.807, 2.05) is 6.92 Å². The Hall–Kier alpha value is -1.41. The number of aryl methyl sites for hydroxylation is 2. The molecule has 0 radical (unpaired) electrons.